The maximum atomic E-state index is 9.89. The summed E-state index contributed by atoms with van der Waals surface area (Å²) in [6.07, 6.45) is 1.60. The SMILES string of the molecule is CC1(O)CCN(Cc2nnc(C(C)(C)C)o2)CC1. The van der Waals surface area contributed by atoms with Crippen molar-refractivity contribution in [3.8, 4) is 0 Å². The van der Waals surface area contributed by atoms with E-state index in [1.807, 2.05) is 6.92 Å². The third-order valence-corrected chi connectivity index (χ3v) is 3.40. The lowest BCUT2D eigenvalue weighted by Crippen LogP contribution is -2.42. The van der Waals surface area contributed by atoms with Gasteiger partial charge >= 0.3 is 0 Å². The van der Waals surface area contributed by atoms with E-state index in [1.165, 1.54) is 0 Å². The van der Waals surface area contributed by atoms with Gasteiger partial charge in [-0.25, -0.2) is 0 Å². The standard InChI is InChI=1S/C13H23N3O2/c1-12(2,3)11-15-14-10(18-11)9-16-7-5-13(4,17)6-8-16/h17H,5-9H2,1-4H3. The van der Waals surface area contributed by atoms with Crippen LogP contribution in [0.2, 0.25) is 0 Å². The first kappa shape index (κ1) is 13.5. The van der Waals surface area contributed by atoms with E-state index in [0.29, 0.717) is 18.3 Å². The minimum atomic E-state index is -0.512. The Morgan fingerprint density at radius 2 is 1.89 bits per heavy atom. The van der Waals surface area contributed by atoms with E-state index >= 15 is 0 Å². The van der Waals surface area contributed by atoms with E-state index < -0.39 is 5.60 Å². The molecule has 0 amide bonds. The van der Waals surface area contributed by atoms with Gasteiger partial charge in [0.1, 0.15) is 0 Å². The van der Waals surface area contributed by atoms with Crippen LogP contribution in [0.3, 0.4) is 0 Å². The van der Waals surface area contributed by atoms with Crippen molar-refractivity contribution in [3.05, 3.63) is 11.8 Å². The second-order valence-corrected chi connectivity index (χ2v) is 6.52. The molecule has 1 N–H and O–H groups in total. The summed E-state index contributed by atoms with van der Waals surface area (Å²) in [6, 6.07) is 0. The van der Waals surface area contributed by atoms with Gasteiger partial charge in [0.2, 0.25) is 11.8 Å². The second-order valence-electron chi connectivity index (χ2n) is 6.52. The Balaban J connectivity index is 1.93. The highest BCUT2D eigenvalue weighted by atomic mass is 16.4. The third-order valence-electron chi connectivity index (χ3n) is 3.40. The Morgan fingerprint density at radius 1 is 1.28 bits per heavy atom. The second kappa shape index (κ2) is 4.63. The summed E-state index contributed by atoms with van der Waals surface area (Å²) < 4.78 is 5.68. The molecule has 0 bridgehead atoms. The van der Waals surface area contributed by atoms with E-state index in [9.17, 15) is 5.11 Å². The van der Waals surface area contributed by atoms with Crippen LogP contribution >= 0.6 is 0 Å². The first-order valence-corrected chi connectivity index (χ1v) is 6.54. The zero-order valence-electron chi connectivity index (χ0n) is 11.7. The van der Waals surface area contributed by atoms with Gasteiger partial charge in [-0.3, -0.25) is 4.90 Å². The minimum Gasteiger partial charge on any atom is -0.423 e. The zero-order chi connectivity index (χ0) is 13.4. The molecule has 0 aromatic carbocycles. The van der Waals surface area contributed by atoms with E-state index in [0.717, 1.165) is 25.9 Å². The number of aromatic nitrogens is 2. The van der Waals surface area contributed by atoms with Gasteiger partial charge in [0.25, 0.3) is 0 Å². The molecule has 0 spiro atoms. The van der Waals surface area contributed by atoms with Crippen molar-refractivity contribution < 1.29 is 9.52 Å². The highest BCUT2D eigenvalue weighted by Crippen LogP contribution is 2.24. The van der Waals surface area contributed by atoms with Crippen LogP contribution in [-0.2, 0) is 12.0 Å². The summed E-state index contributed by atoms with van der Waals surface area (Å²) in [5.74, 6) is 1.35. The van der Waals surface area contributed by atoms with Crippen molar-refractivity contribution in [2.24, 2.45) is 0 Å². The Bertz CT molecular complexity index is 397. The highest BCUT2D eigenvalue weighted by Gasteiger charge is 2.28. The molecule has 102 valence electrons. The Hall–Kier alpha value is -0.940. The van der Waals surface area contributed by atoms with Gasteiger partial charge in [-0.05, 0) is 19.8 Å². The number of nitrogens with zero attached hydrogens (tertiary/aromatic N) is 3. The van der Waals surface area contributed by atoms with Crippen LogP contribution in [0, 0.1) is 0 Å². The predicted octanol–water partition coefficient (Wildman–Crippen LogP) is 1.71. The number of aliphatic hydroxyl groups is 1. The van der Waals surface area contributed by atoms with Crippen molar-refractivity contribution in [2.45, 2.75) is 58.1 Å². The molecule has 0 atom stereocenters. The van der Waals surface area contributed by atoms with Crippen LogP contribution in [0.1, 0.15) is 52.3 Å². The lowest BCUT2D eigenvalue weighted by atomic mass is 9.94. The van der Waals surface area contributed by atoms with Crippen LogP contribution in [0.4, 0.5) is 0 Å². The summed E-state index contributed by atoms with van der Waals surface area (Å²) in [7, 11) is 0. The van der Waals surface area contributed by atoms with Gasteiger partial charge in [-0.2, -0.15) is 0 Å². The predicted molar refractivity (Wildman–Crippen MR) is 68.1 cm³/mol. The Kier molecular flexibility index (Phi) is 3.47. The van der Waals surface area contributed by atoms with E-state index in [-0.39, 0.29) is 5.41 Å². The molecule has 0 saturated carbocycles. The van der Waals surface area contributed by atoms with E-state index in [1.54, 1.807) is 0 Å². The summed E-state index contributed by atoms with van der Waals surface area (Å²) in [6.45, 7) is 10.5. The van der Waals surface area contributed by atoms with Crippen molar-refractivity contribution in [2.75, 3.05) is 13.1 Å². The summed E-state index contributed by atoms with van der Waals surface area (Å²) >= 11 is 0. The smallest absolute Gasteiger partial charge is 0.230 e. The van der Waals surface area contributed by atoms with Crippen LogP contribution < -0.4 is 0 Å². The van der Waals surface area contributed by atoms with Gasteiger partial charge < -0.3 is 9.52 Å². The highest BCUT2D eigenvalue weighted by molar-refractivity contribution is 4.96. The molecule has 0 unspecified atom stereocenters. The summed E-state index contributed by atoms with van der Waals surface area (Å²) in [4.78, 5) is 2.25. The van der Waals surface area contributed by atoms with Gasteiger partial charge in [-0.1, -0.05) is 20.8 Å². The largest absolute Gasteiger partial charge is 0.423 e. The quantitative estimate of drug-likeness (QED) is 0.869. The lowest BCUT2D eigenvalue weighted by molar-refractivity contribution is -0.00920. The molecule has 2 heterocycles. The third kappa shape index (κ3) is 3.29. The molecule has 2 rings (SSSR count). The van der Waals surface area contributed by atoms with Crippen molar-refractivity contribution >= 4 is 0 Å². The molecular weight excluding hydrogens is 230 g/mol. The van der Waals surface area contributed by atoms with Crippen LogP contribution in [0.5, 0.6) is 0 Å². The van der Waals surface area contributed by atoms with Gasteiger partial charge in [0.15, 0.2) is 0 Å². The van der Waals surface area contributed by atoms with Crippen molar-refractivity contribution in [3.63, 3.8) is 0 Å². The fraction of sp³-hybridized carbons (Fsp3) is 0.846. The molecule has 5 nitrogen and oxygen atoms in total. The zero-order valence-corrected chi connectivity index (χ0v) is 11.7. The van der Waals surface area contributed by atoms with Crippen LogP contribution in [-0.4, -0.2) is 38.9 Å². The number of hydrogen-bond acceptors (Lipinski definition) is 5. The fourth-order valence-electron chi connectivity index (χ4n) is 2.00. The van der Waals surface area contributed by atoms with E-state index in [2.05, 4.69) is 35.9 Å². The first-order chi connectivity index (χ1) is 8.26. The van der Waals surface area contributed by atoms with Crippen LogP contribution in [0.15, 0.2) is 4.42 Å². The molecule has 0 aliphatic carbocycles. The molecule has 1 aromatic heterocycles. The summed E-state index contributed by atoms with van der Waals surface area (Å²) in [5, 5.41) is 18.1. The molecule has 1 aliphatic heterocycles. The fourth-order valence-corrected chi connectivity index (χ4v) is 2.00. The van der Waals surface area contributed by atoms with Crippen LogP contribution in [0.25, 0.3) is 0 Å². The number of hydrogen-bond donors (Lipinski definition) is 1. The first-order valence-electron chi connectivity index (χ1n) is 6.54. The molecule has 0 radical (unpaired) electrons. The van der Waals surface area contributed by atoms with E-state index in [4.69, 9.17) is 4.42 Å². The minimum absolute atomic E-state index is 0.100. The molecular formula is C13H23N3O2. The maximum absolute atomic E-state index is 9.89. The lowest BCUT2D eigenvalue weighted by Gasteiger charge is -2.34. The topological polar surface area (TPSA) is 62.4 Å². The average molecular weight is 253 g/mol. The molecule has 1 fully saturated rings. The van der Waals surface area contributed by atoms with Crippen molar-refractivity contribution in [1.29, 1.82) is 0 Å². The molecule has 1 aromatic rings. The van der Waals surface area contributed by atoms with Gasteiger partial charge in [0.05, 0.1) is 12.1 Å². The Morgan fingerprint density at radius 3 is 2.39 bits per heavy atom. The Labute approximate surface area is 108 Å². The van der Waals surface area contributed by atoms with Gasteiger partial charge in [0, 0.05) is 18.5 Å². The van der Waals surface area contributed by atoms with Gasteiger partial charge in [-0.15, -0.1) is 10.2 Å². The molecule has 1 saturated heterocycles. The molecule has 1 aliphatic rings. The maximum Gasteiger partial charge on any atom is 0.230 e. The average Bonchev–Trinajstić information content (AvgIpc) is 2.69. The summed E-state index contributed by atoms with van der Waals surface area (Å²) in [5.41, 5.74) is -0.612. The molecule has 18 heavy (non-hydrogen) atoms. The van der Waals surface area contributed by atoms with Crippen molar-refractivity contribution in [1.82, 2.24) is 15.1 Å². The number of piperidine rings is 1. The normalized spacial score (nSPS) is 21.2. The number of likely N-dealkylation sites (tertiary alicyclic amines) is 1. The monoisotopic (exact) mass is 253 g/mol. The number of rotatable bonds is 2. The molecule has 5 heteroatoms.